The van der Waals surface area contributed by atoms with Gasteiger partial charge in [0.15, 0.2) is 0 Å². The predicted molar refractivity (Wildman–Crippen MR) is 80.3 cm³/mol. The molecule has 2 aliphatic rings. The van der Waals surface area contributed by atoms with Gasteiger partial charge in [0.1, 0.15) is 0 Å². The summed E-state index contributed by atoms with van der Waals surface area (Å²) in [4.78, 5) is 29.6. The van der Waals surface area contributed by atoms with Crippen molar-refractivity contribution in [3.63, 3.8) is 0 Å². The number of hydrogen-bond acceptors (Lipinski definition) is 3. The van der Waals surface area contributed by atoms with Crippen molar-refractivity contribution in [2.24, 2.45) is 0 Å². The van der Waals surface area contributed by atoms with E-state index in [1.54, 1.807) is 4.90 Å². The van der Waals surface area contributed by atoms with Gasteiger partial charge in [-0.2, -0.15) is 0 Å². The maximum Gasteiger partial charge on any atom is 0.320 e. The summed E-state index contributed by atoms with van der Waals surface area (Å²) in [5.41, 5.74) is 0. The molecule has 120 valence electrons. The van der Waals surface area contributed by atoms with E-state index in [-0.39, 0.29) is 18.5 Å². The van der Waals surface area contributed by atoms with E-state index in [1.807, 2.05) is 18.7 Å². The number of rotatable bonds is 4. The van der Waals surface area contributed by atoms with E-state index in [2.05, 4.69) is 11.9 Å². The number of amides is 2. The molecule has 3 atom stereocenters. The summed E-state index contributed by atoms with van der Waals surface area (Å²) < 4.78 is 0. The highest BCUT2D eigenvalue weighted by Crippen LogP contribution is 2.29. The van der Waals surface area contributed by atoms with Crippen molar-refractivity contribution in [3.8, 4) is 0 Å². The first kappa shape index (κ1) is 16.1. The van der Waals surface area contributed by atoms with Gasteiger partial charge in [0.25, 0.3) is 0 Å². The molecule has 0 spiro atoms. The molecule has 2 fully saturated rings. The second kappa shape index (κ2) is 6.64. The number of urea groups is 1. The Hall–Kier alpha value is -1.30. The second-order valence-electron chi connectivity index (χ2n) is 6.30. The van der Waals surface area contributed by atoms with Crippen molar-refractivity contribution in [1.82, 2.24) is 14.7 Å². The van der Waals surface area contributed by atoms with Crippen molar-refractivity contribution < 1.29 is 14.7 Å². The third-order valence-corrected chi connectivity index (χ3v) is 5.01. The van der Waals surface area contributed by atoms with Crippen molar-refractivity contribution in [2.75, 3.05) is 26.7 Å². The lowest BCUT2D eigenvalue weighted by molar-refractivity contribution is -0.138. The van der Waals surface area contributed by atoms with Crippen LogP contribution in [0.1, 0.15) is 39.5 Å². The van der Waals surface area contributed by atoms with Gasteiger partial charge in [0.2, 0.25) is 0 Å². The number of carboxylic acids is 1. The standard InChI is InChI=1S/C15H27N3O3/c1-4-18(11(2)9-14(19)20)15(21)17-8-7-12-5-6-13(10-17)16(12)3/h11-13H,4-10H2,1-3H3,(H,19,20). The van der Waals surface area contributed by atoms with Gasteiger partial charge >= 0.3 is 12.0 Å². The molecule has 6 heteroatoms. The van der Waals surface area contributed by atoms with Gasteiger partial charge in [-0.05, 0) is 40.2 Å². The van der Waals surface area contributed by atoms with Gasteiger partial charge in [-0.15, -0.1) is 0 Å². The summed E-state index contributed by atoms with van der Waals surface area (Å²) in [6.45, 7) is 5.81. The van der Waals surface area contributed by atoms with E-state index in [9.17, 15) is 9.59 Å². The zero-order valence-electron chi connectivity index (χ0n) is 13.3. The maximum absolute atomic E-state index is 12.7. The van der Waals surface area contributed by atoms with Crippen molar-refractivity contribution in [3.05, 3.63) is 0 Å². The van der Waals surface area contributed by atoms with E-state index in [0.29, 0.717) is 18.6 Å². The number of carbonyl (C=O) groups excluding carboxylic acids is 1. The van der Waals surface area contributed by atoms with Crippen LogP contribution in [0.25, 0.3) is 0 Å². The number of hydrogen-bond donors (Lipinski definition) is 1. The first-order valence-corrected chi connectivity index (χ1v) is 7.93. The minimum Gasteiger partial charge on any atom is -0.481 e. The highest BCUT2D eigenvalue weighted by atomic mass is 16.4. The van der Waals surface area contributed by atoms with Crippen LogP contribution in [-0.2, 0) is 4.79 Å². The predicted octanol–water partition coefficient (Wildman–Crippen LogP) is 1.46. The zero-order valence-corrected chi connectivity index (χ0v) is 13.3. The van der Waals surface area contributed by atoms with E-state index in [0.717, 1.165) is 25.9 Å². The number of likely N-dealkylation sites (N-methyl/N-ethyl adjacent to an activating group) is 1. The fourth-order valence-corrected chi connectivity index (χ4v) is 3.66. The number of carboxylic acid groups (broad SMARTS) is 1. The smallest absolute Gasteiger partial charge is 0.320 e. The zero-order chi connectivity index (χ0) is 15.6. The van der Waals surface area contributed by atoms with Crippen LogP contribution in [0, 0.1) is 0 Å². The number of fused-ring (bicyclic) bond motifs is 2. The van der Waals surface area contributed by atoms with E-state index in [4.69, 9.17) is 5.11 Å². The highest BCUT2D eigenvalue weighted by molar-refractivity contribution is 5.76. The normalized spacial score (nSPS) is 27.3. The number of nitrogens with zero attached hydrogens (tertiary/aromatic N) is 3. The molecule has 2 bridgehead atoms. The summed E-state index contributed by atoms with van der Waals surface area (Å²) in [5.74, 6) is -0.858. The molecule has 0 aromatic carbocycles. The van der Waals surface area contributed by atoms with Crippen LogP contribution in [0.4, 0.5) is 4.79 Å². The molecule has 3 unspecified atom stereocenters. The molecule has 2 aliphatic heterocycles. The summed E-state index contributed by atoms with van der Waals surface area (Å²) in [5, 5.41) is 8.93. The number of carbonyl (C=O) groups is 2. The molecule has 2 amide bonds. The lowest BCUT2D eigenvalue weighted by Crippen LogP contribution is -2.50. The Labute approximate surface area is 126 Å². The van der Waals surface area contributed by atoms with E-state index < -0.39 is 5.97 Å². The lowest BCUT2D eigenvalue weighted by Gasteiger charge is -2.34. The van der Waals surface area contributed by atoms with E-state index >= 15 is 0 Å². The van der Waals surface area contributed by atoms with Gasteiger partial charge in [0, 0.05) is 37.8 Å². The van der Waals surface area contributed by atoms with Gasteiger partial charge in [-0.1, -0.05) is 0 Å². The minimum atomic E-state index is -0.858. The molecule has 0 aromatic rings. The molecule has 0 aliphatic carbocycles. The fourth-order valence-electron chi connectivity index (χ4n) is 3.66. The SMILES string of the molecule is CCN(C(=O)N1CCC2CCC(C1)N2C)C(C)CC(=O)O. The summed E-state index contributed by atoms with van der Waals surface area (Å²) in [6.07, 6.45) is 3.40. The molecule has 0 aromatic heterocycles. The van der Waals surface area contributed by atoms with Crippen LogP contribution in [0.2, 0.25) is 0 Å². The van der Waals surface area contributed by atoms with Crippen molar-refractivity contribution in [1.29, 1.82) is 0 Å². The van der Waals surface area contributed by atoms with Crippen LogP contribution >= 0.6 is 0 Å². The maximum atomic E-state index is 12.7. The van der Waals surface area contributed by atoms with Crippen LogP contribution in [0.5, 0.6) is 0 Å². The van der Waals surface area contributed by atoms with Crippen LogP contribution in [0.3, 0.4) is 0 Å². The largest absolute Gasteiger partial charge is 0.481 e. The Balaban J connectivity index is 2.02. The lowest BCUT2D eigenvalue weighted by atomic mass is 10.1. The summed E-state index contributed by atoms with van der Waals surface area (Å²) in [7, 11) is 2.15. The molecular formula is C15H27N3O3. The van der Waals surface area contributed by atoms with Gasteiger partial charge in [-0.25, -0.2) is 4.79 Å². The Morgan fingerprint density at radius 3 is 2.57 bits per heavy atom. The fraction of sp³-hybridized carbons (Fsp3) is 0.867. The molecule has 2 heterocycles. The molecule has 2 rings (SSSR count). The third-order valence-electron chi connectivity index (χ3n) is 5.01. The Morgan fingerprint density at radius 1 is 1.29 bits per heavy atom. The molecule has 0 radical (unpaired) electrons. The first-order chi connectivity index (χ1) is 9.93. The average molecular weight is 297 g/mol. The molecule has 1 N–H and O–H groups in total. The Morgan fingerprint density at radius 2 is 1.95 bits per heavy atom. The molecule has 6 nitrogen and oxygen atoms in total. The Kier molecular flexibility index (Phi) is 5.08. The highest BCUT2D eigenvalue weighted by Gasteiger charge is 2.37. The average Bonchev–Trinajstić information content (AvgIpc) is 2.62. The minimum absolute atomic E-state index is 0.000619. The third kappa shape index (κ3) is 3.48. The molecule has 21 heavy (non-hydrogen) atoms. The van der Waals surface area contributed by atoms with Gasteiger partial charge in [-0.3, -0.25) is 9.69 Å². The van der Waals surface area contributed by atoms with Crippen molar-refractivity contribution in [2.45, 2.75) is 57.7 Å². The van der Waals surface area contributed by atoms with Crippen LogP contribution in [-0.4, -0.2) is 76.6 Å². The Bertz CT molecular complexity index is 402. The van der Waals surface area contributed by atoms with Crippen LogP contribution in [0.15, 0.2) is 0 Å². The van der Waals surface area contributed by atoms with E-state index in [1.165, 1.54) is 6.42 Å². The quantitative estimate of drug-likeness (QED) is 0.853. The second-order valence-corrected chi connectivity index (χ2v) is 6.30. The number of aliphatic carboxylic acids is 1. The van der Waals surface area contributed by atoms with Gasteiger partial charge < -0.3 is 14.9 Å². The monoisotopic (exact) mass is 297 g/mol. The first-order valence-electron chi connectivity index (χ1n) is 7.93. The topological polar surface area (TPSA) is 64.1 Å². The molecule has 0 saturated carbocycles. The van der Waals surface area contributed by atoms with Gasteiger partial charge in [0.05, 0.1) is 6.42 Å². The van der Waals surface area contributed by atoms with Crippen molar-refractivity contribution >= 4 is 12.0 Å². The number of likely N-dealkylation sites (tertiary alicyclic amines) is 1. The summed E-state index contributed by atoms with van der Waals surface area (Å²) in [6, 6.07) is 0.777. The van der Waals surface area contributed by atoms with Crippen LogP contribution < -0.4 is 0 Å². The molecular weight excluding hydrogens is 270 g/mol. The summed E-state index contributed by atoms with van der Waals surface area (Å²) >= 11 is 0. The molecule has 2 saturated heterocycles.